The number of benzene rings is 1. The maximum absolute atomic E-state index is 11.5. The van der Waals surface area contributed by atoms with Crippen molar-refractivity contribution in [3.8, 4) is 0 Å². The number of nitrogens with zero attached hydrogens (tertiary/aromatic N) is 4. The third-order valence-corrected chi connectivity index (χ3v) is 4.26. The molecule has 1 aliphatic heterocycles. The van der Waals surface area contributed by atoms with Gasteiger partial charge < -0.3 is 15.1 Å². The van der Waals surface area contributed by atoms with Crippen LogP contribution in [0.4, 0.5) is 17.5 Å². The maximum Gasteiger partial charge on any atom is 0.227 e. The Morgan fingerprint density at radius 2 is 1.79 bits per heavy atom. The number of para-hydroxylation sites is 1. The molecule has 1 aromatic heterocycles. The van der Waals surface area contributed by atoms with Gasteiger partial charge in [-0.15, -0.1) is 0 Å². The Balaban J connectivity index is 1.77. The van der Waals surface area contributed by atoms with Crippen LogP contribution in [0.1, 0.15) is 18.2 Å². The number of anilines is 3. The van der Waals surface area contributed by atoms with E-state index in [4.69, 9.17) is 0 Å². The largest absolute Gasteiger partial charge is 0.340 e. The van der Waals surface area contributed by atoms with Gasteiger partial charge in [0.1, 0.15) is 5.82 Å². The van der Waals surface area contributed by atoms with E-state index >= 15 is 0 Å². The summed E-state index contributed by atoms with van der Waals surface area (Å²) in [6.45, 7) is 8.60. The molecule has 0 atom stereocenters. The molecule has 1 saturated heterocycles. The summed E-state index contributed by atoms with van der Waals surface area (Å²) in [5.74, 6) is 1.64. The zero-order valence-electron chi connectivity index (χ0n) is 14.4. The van der Waals surface area contributed by atoms with Crippen LogP contribution in [0.2, 0.25) is 0 Å². The van der Waals surface area contributed by atoms with Gasteiger partial charge in [0.15, 0.2) is 0 Å². The van der Waals surface area contributed by atoms with Gasteiger partial charge in [0.25, 0.3) is 0 Å². The van der Waals surface area contributed by atoms with Crippen molar-refractivity contribution in [2.24, 2.45) is 0 Å². The Kier molecular flexibility index (Phi) is 4.64. The highest BCUT2D eigenvalue weighted by molar-refractivity contribution is 5.73. The standard InChI is InChI=1S/C18H23N5O/c1-13-6-4-5-7-16(13)20-17-12-14(2)19-18(21-17)23-10-8-22(9-11-23)15(3)24/h4-7,12H,8-11H2,1-3H3,(H,19,20,21). The first-order valence-electron chi connectivity index (χ1n) is 8.22. The second kappa shape index (κ2) is 6.86. The maximum atomic E-state index is 11.5. The number of rotatable bonds is 3. The number of carbonyl (C=O) groups excluding carboxylic acids is 1. The number of aryl methyl sites for hydroxylation is 2. The molecule has 1 fully saturated rings. The van der Waals surface area contributed by atoms with Crippen molar-refractivity contribution < 1.29 is 4.79 Å². The number of hydrogen-bond acceptors (Lipinski definition) is 5. The molecule has 1 aliphatic rings. The molecule has 6 nitrogen and oxygen atoms in total. The minimum absolute atomic E-state index is 0.127. The van der Waals surface area contributed by atoms with E-state index < -0.39 is 0 Å². The molecule has 0 radical (unpaired) electrons. The van der Waals surface area contributed by atoms with Gasteiger partial charge in [-0.25, -0.2) is 4.98 Å². The number of carbonyl (C=O) groups is 1. The van der Waals surface area contributed by atoms with E-state index in [1.54, 1.807) is 6.92 Å². The third-order valence-electron chi connectivity index (χ3n) is 4.26. The molecule has 2 heterocycles. The highest BCUT2D eigenvalue weighted by Crippen LogP contribution is 2.21. The van der Waals surface area contributed by atoms with Crippen LogP contribution < -0.4 is 10.2 Å². The molecule has 1 aromatic carbocycles. The summed E-state index contributed by atoms with van der Waals surface area (Å²) >= 11 is 0. The Labute approximate surface area is 142 Å². The second-order valence-corrected chi connectivity index (χ2v) is 6.13. The molecule has 0 spiro atoms. The van der Waals surface area contributed by atoms with E-state index in [9.17, 15) is 4.79 Å². The van der Waals surface area contributed by atoms with Crippen LogP contribution in [0.25, 0.3) is 0 Å². The first-order valence-corrected chi connectivity index (χ1v) is 8.22. The number of hydrogen-bond donors (Lipinski definition) is 1. The summed E-state index contributed by atoms with van der Waals surface area (Å²) in [6.07, 6.45) is 0. The molecule has 1 N–H and O–H groups in total. The lowest BCUT2D eigenvalue weighted by atomic mass is 10.2. The van der Waals surface area contributed by atoms with Crippen LogP contribution in [0.3, 0.4) is 0 Å². The Bertz CT molecular complexity index is 738. The van der Waals surface area contributed by atoms with Gasteiger partial charge in [0.05, 0.1) is 0 Å². The van der Waals surface area contributed by atoms with Gasteiger partial charge in [-0.1, -0.05) is 18.2 Å². The molecule has 6 heteroatoms. The Hall–Kier alpha value is -2.63. The van der Waals surface area contributed by atoms with E-state index in [2.05, 4.69) is 33.2 Å². The summed E-state index contributed by atoms with van der Waals surface area (Å²) in [5, 5.41) is 3.38. The van der Waals surface area contributed by atoms with Crippen LogP contribution in [-0.4, -0.2) is 47.0 Å². The van der Waals surface area contributed by atoms with E-state index in [0.29, 0.717) is 19.0 Å². The number of piperazine rings is 1. The zero-order chi connectivity index (χ0) is 17.1. The molecule has 1 amide bonds. The van der Waals surface area contributed by atoms with Crippen molar-refractivity contribution in [2.45, 2.75) is 20.8 Å². The molecular weight excluding hydrogens is 302 g/mol. The van der Waals surface area contributed by atoms with Crippen molar-refractivity contribution in [2.75, 3.05) is 36.4 Å². The minimum Gasteiger partial charge on any atom is -0.340 e. The fourth-order valence-electron chi connectivity index (χ4n) is 2.83. The first-order chi connectivity index (χ1) is 11.5. The quantitative estimate of drug-likeness (QED) is 0.939. The molecule has 2 aromatic rings. The smallest absolute Gasteiger partial charge is 0.227 e. The average Bonchev–Trinajstić information content (AvgIpc) is 2.56. The molecule has 126 valence electrons. The normalized spacial score (nSPS) is 14.6. The lowest BCUT2D eigenvalue weighted by Crippen LogP contribution is -2.48. The van der Waals surface area contributed by atoms with Gasteiger partial charge >= 0.3 is 0 Å². The molecule has 0 bridgehead atoms. The van der Waals surface area contributed by atoms with Crippen LogP contribution in [0.5, 0.6) is 0 Å². The van der Waals surface area contributed by atoms with Crippen molar-refractivity contribution in [3.63, 3.8) is 0 Å². The predicted molar refractivity (Wildman–Crippen MR) is 95.7 cm³/mol. The summed E-state index contributed by atoms with van der Waals surface area (Å²) in [7, 11) is 0. The van der Waals surface area contributed by atoms with Gasteiger partial charge in [0.2, 0.25) is 11.9 Å². The minimum atomic E-state index is 0.127. The van der Waals surface area contributed by atoms with Crippen molar-refractivity contribution >= 4 is 23.4 Å². The Morgan fingerprint density at radius 3 is 2.46 bits per heavy atom. The Morgan fingerprint density at radius 1 is 1.08 bits per heavy atom. The van der Waals surface area contributed by atoms with Gasteiger partial charge in [-0.05, 0) is 25.5 Å². The monoisotopic (exact) mass is 325 g/mol. The third kappa shape index (κ3) is 3.64. The van der Waals surface area contributed by atoms with E-state index in [0.717, 1.165) is 30.3 Å². The van der Waals surface area contributed by atoms with Crippen molar-refractivity contribution in [1.29, 1.82) is 0 Å². The summed E-state index contributed by atoms with van der Waals surface area (Å²) < 4.78 is 0. The van der Waals surface area contributed by atoms with Crippen LogP contribution in [0.15, 0.2) is 30.3 Å². The predicted octanol–water partition coefficient (Wildman–Crippen LogP) is 2.51. The number of nitrogens with one attached hydrogen (secondary N) is 1. The van der Waals surface area contributed by atoms with Gasteiger partial charge in [0, 0.05) is 50.6 Å². The fraction of sp³-hybridized carbons (Fsp3) is 0.389. The summed E-state index contributed by atoms with van der Waals surface area (Å²) in [4.78, 5) is 24.7. The van der Waals surface area contributed by atoms with E-state index in [1.807, 2.05) is 36.1 Å². The van der Waals surface area contributed by atoms with Crippen molar-refractivity contribution in [3.05, 3.63) is 41.6 Å². The average molecular weight is 325 g/mol. The molecule has 0 aliphatic carbocycles. The summed E-state index contributed by atoms with van der Waals surface area (Å²) in [5.41, 5.74) is 3.14. The topological polar surface area (TPSA) is 61.4 Å². The van der Waals surface area contributed by atoms with Crippen LogP contribution in [0, 0.1) is 13.8 Å². The van der Waals surface area contributed by atoms with Gasteiger partial charge in [-0.3, -0.25) is 4.79 Å². The van der Waals surface area contributed by atoms with Gasteiger partial charge in [-0.2, -0.15) is 4.98 Å². The lowest BCUT2D eigenvalue weighted by Gasteiger charge is -2.34. The molecule has 0 saturated carbocycles. The highest BCUT2D eigenvalue weighted by Gasteiger charge is 2.21. The SMILES string of the molecule is CC(=O)N1CCN(c2nc(C)cc(Nc3ccccc3C)n2)CC1. The first kappa shape index (κ1) is 16.2. The zero-order valence-corrected chi connectivity index (χ0v) is 14.4. The molecule has 3 rings (SSSR count). The second-order valence-electron chi connectivity index (χ2n) is 6.13. The van der Waals surface area contributed by atoms with Crippen molar-refractivity contribution in [1.82, 2.24) is 14.9 Å². The molecule has 24 heavy (non-hydrogen) atoms. The van der Waals surface area contributed by atoms with E-state index in [-0.39, 0.29) is 5.91 Å². The fourth-order valence-corrected chi connectivity index (χ4v) is 2.83. The molecular formula is C18H23N5O. The lowest BCUT2D eigenvalue weighted by molar-refractivity contribution is -0.129. The van der Waals surface area contributed by atoms with Crippen LogP contribution >= 0.6 is 0 Å². The number of aromatic nitrogens is 2. The van der Waals surface area contributed by atoms with E-state index in [1.165, 1.54) is 5.56 Å². The number of amides is 1. The highest BCUT2D eigenvalue weighted by atomic mass is 16.2. The summed E-state index contributed by atoms with van der Waals surface area (Å²) in [6, 6.07) is 10.1. The molecule has 0 unspecified atom stereocenters. The van der Waals surface area contributed by atoms with Crippen LogP contribution in [-0.2, 0) is 4.79 Å².